The number of nitrogens with one attached hydrogen (secondary N) is 1. The van der Waals surface area contributed by atoms with Gasteiger partial charge in [0.05, 0.1) is 5.71 Å². The van der Waals surface area contributed by atoms with Crippen LogP contribution in [0.5, 0.6) is 0 Å². The maximum atomic E-state index is 14.1. The Bertz CT molecular complexity index is 1090. The van der Waals surface area contributed by atoms with Crippen molar-refractivity contribution in [1.29, 1.82) is 0 Å². The lowest BCUT2D eigenvalue weighted by atomic mass is 9.86. The van der Waals surface area contributed by atoms with E-state index >= 15 is 0 Å². The number of aliphatic imine (C=N–C) groups is 1. The number of halogens is 4. The van der Waals surface area contributed by atoms with Crippen LogP contribution in [0.3, 0.4) is 0 Å². The molecule has 0 bridgehead atoms. The zero-order valence-corrected chi connectivity index (χ0v) is 20.5. The van der Waals surface area contributed by atoms with Crippen molar-refractivity contribution in [2.24, 2.45) is 10.1 Å². The Morgan fingerprint density at radius 1 is 1.29 bits per heavy atom. The van der Waals surface area contributed by atoms with E-state index in [1.807, 2.05) is 13.1 Å². The summed E-state index contributed by atoms with van der Waals surface area (Å²) in [4.78, 5) is 21.6. The first-order valence-electron chi connectivity index (χ1n) is 11.5. The van der Waals surface area contributed by atoms with Gasteiger partial charge in [0, 0.05) is 48.3 Å². The summed E-state index contributed by atoms with van der Waals surface area (Å²) >= 11 is 5.94. The van der Waals surface area contributed by atoms with Gasteiger partial charge in [0.25, 0.3) is 5.60 Å². The van der Waals surface area contributed by atoms with Crippen LogP contribution in [0, 0.1) is 0 Å². The molecule has 3 rings (SSSR count). The van der Waals surface area contributed by atoms with Crippen LogP contribution in [0.1, 0.15) is 57.9 Å². The third-order valence-electron chi connectivity index (χ3n) is 5.91. The van der Waals surface area contributed by atoms with Gasteiger partial charge in [-0.15, -0.1) is 0 Å². The van der Waals surface area contributed by atoms with E-state index in [2.05, 4.69) is 21.5 Å². The third-order valence-corrected chi connectivity index (χ3v) is 6.14. The highest BCUT2D eigenvalue weighted by atomic mass is 35.5. The quantitative estimate of drug-likeness (QED) is 0.373. The molecule has 0 spiro atoms. The summed E-state index contributed by atoms with van der Waals surface area (Å²) < 4.78 is 42.4. The minimum Gasteiger partial charge on any atom is -0.374 e. The minimum atomic E-state index is -4.70. The molecule has 1 amide bonds. The molecule has 1 aromatic rings. The first-order valence-corrected chi connectivity index (χ1v) is 11.9. The molecule has 0 aliphatic carbocycles. The van der Waals surface area contributed by atoms with E-state index < -0.39 is 18.2 Å². The van der Waals surface area contributed by atoms with Gasteiger partial charge in [-0.05, 0) is 50.8 Å². The number of oxime groups is 1. The van der Waals surface area contributed by atoms with E-state index in [1.54, 1.807) is 19.1 Å². The van der Waals surface area contributed by atoms with Crippen molar-refractivity contribution in [2.75, 3.05) is 6.54 Å². The summed E-state index contributed by atoms with van der Waals surface area (Å²) in [6.45, 7) is 4.08. The SMILES string of the molecule is CC=C(C=C(C)CCC(=O)NCCC1=CCCC=N1)C1=NOC(c2cccc(Cl)c2)(C(F)(F)F)C1. The molecule has 0 saturated carbocycles. The van der Waals surface area contributed by atoms with Crippen molar-refractivity contribution >= 4 is 29.4 Å². The number of carbonyl (C=O) groups excluding carboxylic acids is 1. The Kier molecular flexibility index (Phi) is 8.94. The molecule has 188 valence electrons. The van der Waals surface area contributed by atoms with Crippen molar-refractivity contribution < 1.29 is 22.8 Å². The fourth-order valence-corrected chi connectivity index (χ4v) is 4.11. The second kappa shape index (κ2) is 11.7. The molecule has 5 nitrogen and oxygen atoms in total. The van der Waals surface area contributed by atoms with E-state index in [1.165, 1.54) is 24.3 Å². The number of hydrogen-bond acceptors (Lipinski definition) is 4. The number of alkyl halides is 3. The van der Waals surface area contributed by atoms with Gasteiger partial charge in [0.2, 0.25) is 5.91 Å². The second-order valence-corrected chi connectivity index (χ2v) is 9.00. The molecular formula is C26H29ClF3N3O2. The predicted octanol–water partition coefficient (Wildman–Crippen LogP) is 6.80. The van der Waals surface area contributed by atoms with E-state index in [0.717, 1.165) is 24.1 Å². The lowest BCUT2D eigenvalue weighted by Crippen LogP contribution is -2.42. The Morgan fingerprint density at radius 3 is 2.74 bits per heavy atom. The van der Waals surface area contributed by atoms with Crippen LogP contribution < -0.4 is 5.32 Å². The molecule has 2 aliphatic rings. The lowest BCUT2D eigenvalue weighted by Gasteiger charge is -2.29. The van der Waals surface area contributed by atoms with Crippen molar-refractivity contribution in [3.05, 3.63) is 69.9 Å². The van der Waals surface area contributed by atoms with Crippen LogP contribution in [-0.4, -0.2) is 30.6 Å². The van der Waals surface area contributed by atoms with Crippen LogP contribution in [0.4, 0.5) is 13.2 Å². The molecule has 35 heavy (non-hydrogen) atoms. The van der Waals surface area contributed by atoms with Gasteiger partial charge in [-0.1, -0.05) is 52.7 Å². The van der Waals surface area contributed by atoms with Gasteiger partial charge in [-0.25, -0.2) is 0 Å². The molecule has 0 radical (unpaired) electrons. The van der Waals surface area contributed by atoms with Gasteiger partial charge in [0.1, 0.15) is 0 Å². The van der Waals surface area contributed by atoms with Crippen LogP contribution >= 0.6 is 11.6 Å². The van der Waals surface area contributed by atoms with Crippen molar-refractivity contribution in [3.8, 4) is 0 Å². The maximum Gasteiger partial charge on any atom is 0.435 e. The van der Waals surface area contributed by atoms with E-state index in [-0.39, 0.29) is 28.6 Å². The van der Waals surface area contributed by atoms with Gasteiger partial charge in [-0.2, -0.15) is 13.2 Å². The summed E-state index contributed by atoms with van der Waals surface area (Å²) in [5.74, 6) is -0.0845. The fraction of sp³-hybridized carbons (Fsp3) is 0.423. The largest absolute Gasteiger partial charge is 0.435 e. The highest BCUT2D eigenvalue weighted by molar-refractivity contribution is 6.30. The molecule has 1 N–H and O–H groups in total. The summed E-state index contributed by atoms with van der Waals surface area (Å²) in [5.41, 5.74) is -0.145. The monoisotopic (exact) mass is 507 g/mol. The molecule has 1 unspecified atom stereocenters. The Labute approximate surface area is 208 Å². The first-order chi connectivity index (χ1) is 16.6. The number of amides is 1. The molecule has 9 heteroatoms. The zero-order chi connectivity index (χ0) is 25.5. The van der Waals surface area contributed by atoms with Crippen LogP contribution in [0.15, 0.2) is 69.5 Å². The van der Waals surface area contributed by atoms with Crippen LogP contribution in [-0.2, 0) is 15.2 Å². The Morgan fingerprint density at radius 2 is 2.09 bits per heavy atom. The molecule has 0 saturated heterocycles. The highest BCUT2D eigenvalue weighted by Crippen LogP contribution is 2.49. The van der Waals surface area contributed by atoms with Crippen molar-refractivity contribution in [1.82, 2.24) is 5.32 Å². The number of benzene rings is 1. The smallest absolute Gasteiger partial charge is 0.374 e. The molecule has 2 heterocycles. The summed E-state index contributed by atoms with van der Waals surface area (Å²) in [6, 6.07) is 5.55. The van der Waals surface area contributed by atoms with Gasteiger partial charge >= 0.3 is 6.18 Å². The zero-order valence-electron chi connectivity index (χ0n) is 19.8. The van der Waals surface area contributed by atoms with E-state index in [4.69, 9.17) is 16.4 Å². The Hall–Kier alpha value is -2.87. The van der Waals surface area contributed by atoms with Crippen molar-refractivity contribution in [3.63, 3.8) is 0 Å². The lowest BCUT2D eigenvalue weighted by molar-refractivity contribution is -0.275. The first kappa shape index (κ1) is 26.7. The third kappa shape index (κ3) is 6.84. The number of carbonyl (C=O) groups is 1. The number of hydrogen-bond donors (Lipinski definition) is 1. The normalized spacial score (nSPS) is 20.9. The topological polar surface area (TPSA) is 63.0 Å². The van der Waals surface area contributed by atoms with Gasteiger partial charge in [-0.3, -0.25) is 9.79 Å². The van der Waals surface area contributed by atoms with E-state index in [0.29, 0.717) is 25.0 Å². The number of nitrogens with zero attached hydrogens (tertiary/aromatic N) is 2. The average Bonchev–Trinajstić information content (AvgIpc) is 3.29. The summed E-state index contributed by atoms with van der Waals surface area (Å²) in [7, 11) is 0. The molecule has 1 aromatic carbocycles. The summed E-state index contributed by atoms with van der Waals surface area (Å²) in [6.07, 6.45) is 5.59. The van der Waals surface area contributed by atoms with E-state index in [9.17, 15) is 18.0 Å². The molecule has 2 aliphatic heterocycles. The molecule has 0 aromatic heterocycles. The highest BCUT2D eigenvalue weighted by Gasteiger charge is 2.62. The molecule has 0 fully saturated rings. The average molecular weight is 508 g/mol. The molecule has 1 atom stereocenters. The Balaban J connectivity index is 1.59. The fourth-order valence-electron chi connectivity index (χ4n) is 3.92. The van der Waals surface area contributed by atoms with Crippen molar-refractivity contribution in [2.45, 2.75) is 64.1 Å². The van der Waals surface area contributed by atoms with Crippen LogP contribution in [0.25, 0.3) is 0 Å². The minimum absolute atomic E-state index is 0.0845. The standard InChI is InChI=1S/C26H29ClF3N3O2/c1-3-19(15-18(2)10-11-24(34)32-14-12-22-9-4-5-13-31-22)23-17-25(35-33-23,26(28,29)30)20-7-6-8-21(27)16-20/h3,6-9,13,15-16H,4-5,10-12,14,17H2,1-2H3,(H,32,34). The number of allylic oxidation sites excluding steroid dienone is 5. The van der Waals surface area contributed by atoms with Crippen LogP contribution in [0.2, 0.25) is 5.02 Å². The van der Waals surface area contributed by atoms with Gasteiger partial charge in [0.15, 0.2) is 0 Å². The summed E-state index contributed by atoms with van der Waals surface area (Å²) in [5, 5.41) is 6.88. The predicted molar refractivity (Wildman–Crippen MR) is 133 cm³/mol. The molecular weight excluding hydrogens is 479 g/mol. The maximum absolute atomic E-state index is 14.1. The second-order valence-electron chi connectivity index (χ2n) is 8.56. The van der Waals surface area contributed by atoms with Gasteiger partial charge < -0.3 is 10.2 Å². The number of rotatable bonds is 9.